The SMILES string of the molecule is CCOC(=O)c1ccccn1.O=C(OCc1ccccc1)c1ccncc1. The predicted molar refractivity (Wildman–Crippen MR) is 100.0 cm³/mol. The lowest BCUT2D eigenvalue weighted by Crippen LogP contribution is -2.05. The quantitative estimate of drug-likeness (QED) is 0.643. The number of hydrogen-bond acceptors (Lipinski definition) is 6. The van der Waals surface area contributed by atoms with Gasteiger partial charge in [0, 0.05) is 18.6 Å². The molecule has 0 aliphatic rings. The zero-order chi connectivity index (χ0) is 19.3. The third-order valence-electron chi connectivity index (χ3n) is 3.28. The lowest BCUT2D eigenvalue weighted by Gasteiger charge is -2.04. The van der Waals surface area contributed by atoms with Gasteiger partial charge in [-0.2, -0.15) is 0 Å². The minimum Gasteiger partial charge on any atom is -0.461 e. The Balaban J connectivity index is 0.000000208. The van der Waals surface area contributed by atoms with Gasteiger partial charge in [0.15, 0.2) is 0 Å². The Morgan fingerprint density at radius 1 is 0.815 bits per heavy atom. The Kier molecular flexibility index (Phi) is 8.17. The highest BCUT2D eigenvalue weighted by Gasteiger charge is 2.06. The lowest BCUT2D eigenvalue weighted by atomic mass is 10.2. The van der Waals surface area contributed by atoms with Crippen LogP contribution >= 0.6 is 0 Å². The summed E-state index contributed by atoms with van der Waals surface area (Å²) in [6.45, 7) is 2.44. The molecule has 0 fully saturated rings. The van der Waals surface area contributed by atoms with Crippen LogP contribution in [-0.2, 0) is 16.1 Å². The van der Waals surface area contributed by atoms with E-state index in [-0.39, 0.29) is 11.9 Å². The Hall–Kier alpha value is -3.54. The number of pyridine rings is 2. The molecule has 0 N–H and O–H groups in total. The van der Waals surface area contributed by atoms with Crippen LogP contribution in [0.25, 0.3) is 0 Å². The summed E-state index contributed by atoms with van der Waals surface area (Å²) >= 11 is 0. The van der Waals surface area contributed by atoms with Crippen molar-refractivity contribution in [2.75, 3.05) is 6.61 Å². The average Bonchev–Trinajstić information content (AvgIpc) is 2.75. The van der Waals surface area contributed by atoms with Crippen LogP contribution in [0, 0.1) is 0 Å². The molecular weight excluding hydrogens is 344 g/mol. The number of ether oxygens (including phenoxy) is 2. The Bertz CT molecular complexity index is 825. The Morgan fingerprint density at radius 2 is 1.52 bits per heavy atom. The summed E-state index contributed by atoms with van der Waals surface area (Å²) in [5, 5.41) is 0. The maximum absolute atomic E-state index is 11.6. The minimum absolute atomic E-state index is 0.294. The van der Waals surface area contributed by atoms with Crippen molar-refractivity contribution in [3.63, 3.8) is 0 Å². The van der Waals surface area contributed by atoms with Gasteiger partial charge >= 0.3 is 11.9 Å². The highest BCUT2D eigenvalue weighted by molar-refractivity contribution is 5.89. The van der Waals surface area contributed by atoms with E-state index >= 15 is 0 Å². The number of carbonyl (C=O) groups excluding carboxylic acids is 2. The zero-order valence-corrected chi connectivity index (χ0v) is 14.9. The van der Waals surface area contributed by atoms with Crippen LogP contribution in [0.1, 0.15) is 33.3 Å². The first-order valence-electron chi connectivity index (χ1n) is 8.40. The molecule has 0 aliphatic heterocycles. The van der Waals surface area contributed by atoms with Crippen LogP contribution in [0.5, 0.6) is 0 Å². The summed E-state index contributed by atoms with van der Waals surface area (Å²) < 4.78 is 9.87. The highest BCUT2D eigenvalue weighted by atomic mass is 16.5. The van der Waals surface area contributed by atoms with Gasteiger partial charge in [-0.25, -0.2) is 14.6 Å². The van der Waals surface area contributed by atoms with E-state index in [1.807, 2.05) is 30.3 Å². The van der Waals surface area contributed by atoms with Gasteiger partial charge in [0.2, 0.25) is 0 Å². The van der Waals surface area contributed by atoms with E-state index < -0.39 is 0 Å². The van der Waals surface area contributed by atoms with Crippen LogP contribution in [0.15, 0.2) is 79.3 Å². The van der Waals surface area contributed by atoms with Gasteiger partial charge in [0.25, 0.3) is 0 Å². The molecule has 1 aromatic carbocycles. The summed E-state index contributed by atoms with van der Waals surface area (Å²) in [7, 11) is 0. The number of aromatic nitrogens is 2. The summed E-state index contributed by atoms with van der Waals surface area (Å²) in [6.07, 6.45) is 4.70. The van der Waals surface area contributed by atoms with E-state index in [9.17, 15) is 9.59 Å². The molecule has 3 rings (SSSR count). The molecule has 138 valence electrons. The molecule has 6 heteroatoms. The molecule has 27 heavy (non-hydrogen) atoms. The molecule has 2 heterocycles. The van der Waals surface area contributed by atoms with E-state index in [0.29, 0.717) is 24.5 Å². The number of esters is 2. The van der Waals surface area contributed by atoms with Gasteiger partial charge in [-0.15, -0.1) is 0 Å². The second kappa shape index (κ2) is 11.1. The molecule has 0 radical (unpaired) electrons. The molecule has 0 bridgehead atoms. The van der Waals surface area contributed by atoms with Crippen molar-refractivity contribution >= 4 is 11.9 Å². The van der Waals surface area contributed by atoms with Crippen molar-refractivity contribution < 1.29 is 19.1 Å². The van der Waals surface area contributed by atoms with Crippen LogP contribution in [0.3, 0.4) is 0 Å². The standard InChI is InChI=1S/C13H11NO2.C8H9NO2/c15-13(12-6-8-14-9-7-12)16-10-11-4-2-1-3-5-11;1-2-11-8(10)7-5-3-4-6-9-7/h1-9H,10H2;3-6H,2H2,1H3. The number of benzene rings is 1. The van der Waals surface area contributed by atoms with Crippen molar-refractivity contribution in [2.24, 2.45) is 0 Å². The molecule has 0 atom stereocenters. The molecule has 2 aromatic heterocycles. The van der Waals surface area contributed by atoms with E-state index in [1.54, 1.807) is 55.8 Å². The summed E-state index contributed by atoms with van der Waals surface area (Å²) in [5.74, 6) is -0.695. The van der Waals surface area contributed by atoms with Crippen molar-refractivity contribution in [3.05, 3.63) is 96.1 Å². The topological polar surface area (TPSA) is 78.4 Å². The second-order valence-corrected chi connectivity index (χ2v) is 5.23. The zero-order valence-electron chi connectivity index (χ0n) is 14.9. The van der Waals surface area contributed by atoms with Crippen LogP contribution < -0.4 is 0 Å². The number of rotatable bonds is 5. The van der Waals surface area contributed by atoms with Gasteiger partial charge in [-0.1, -0.05) is 36.4 Å². The molecule has 6 nitrogen and oxygen atoms in total. The van der Waals surface area contributed by atoms with Gasteiger partial charge in [0.1, 0.15) is 12.3 Å². The van der Waals surface area contributed by atoms with Crippen molar-refractivity contribution in [1.82, 2.24) is 9.97 Å². The lowest BCUT2D eigenvalue weighted by molar-refractivity contribution is 0.0471. The first-order chi connectivity index (χ1) is 13.2. The molecular formula is C21H20N2O4. The predicted octanol–water partition coefficient (Wildman–Crippen LogP) is 3.70. The number of nitrogens with zero attached hydrogens (tertiary/aromatic N) is 2. The molecule has 0 unspecified atom stereocenters. The third kappa shape index (κ3) is 7.07. The van der Waals surface area contributed by atoms with Gasteiger partial charge in [0.05, 0.1) is 12.2 Å². The Labute approximate surface area is 157 Å². The Morgan fingerprint density at radius 3 is 2.15 bits per heavy atom. The van der Waals surface area contributed by atoms with Gasteiger partial charge in [-0.3, -0.25) is 4.98 Å². The van der Waals surface area contributed by atoms with Crippen LogP contribution in [0.4, 0.5) is 0 Å². The van der Waals surface area contributed by atoms with Crippen molar-refractivity contribution in [1.29, 1.82) is 0 Å². The van der Waals surface area contributed by atoms with Gasteiger partial charge < -0.3 is 9.47 Å². The second-order valence-electron chi connectivity index (χ2n) is 5.23. The van der Waals surface area contributed by atoms with Crippen molar-refractivity contribution in [3.8, 4) is 0 Å². The summed E-state index contributed by atoms with van der Waals surface area (Å²) in [5.41, 5.74) is 1.85. The first kappa shape index (κ1) is 19.8. The largest absolute Gasteiger partial charge is 0.461 e. The van der Waals surface area contributed by atoms with E-state index in [4.69, 9.17) is 9.47 Å². The average molecular weight is 364 g/mol. The number of hydrogen-bond donors (Lipinski definition) is 0. The molecule has 3 aromatic rings. The summed E-state index contributed by atoms with van der Waals surface area (Å²) in [4.78, 5) is 30.2. The fourth-order valence-corrected chi connectivity index (χ4v) is 1.98. The summed E-state index contributed by atoms with van der Waals surface area (Å²) in [6, 6.07) is 18.0. The normalized spacial score (nSPS) is 9.52. The molecule has 0 aliphatic carbocycles. The third-order valence-corrected chi connectivity index (χ3v) is 3.28. The van der Waals surface area contributed by atoms with Gasteiger partial charge in [-0.05, 0) is 36.8 Å². The smallest absolute Gasteiger partial charge is 0.356 e. The fourth-order valence-electron chi connectivity index (χ4n) is 1.98. The first-order valence-corrected chi connectivity index (χ1v) is 8.40. The van der Waals surface area contributed by atoms with Crippen molar-refractivity contribution in [2.45, 2.75) is 13.5 Å². The minimum atomic E-state index is -0.367. The van der Waals surface area contributed by atoms with E-state index in [2.05, 4.69) is 9.97 Å². The maximum atomic E-state index is 11.6. The monoisotopic (exact) mass is 364 g/mol. The molecule has 0 spiro atoms. The van der Waals surface area contributed by atoms with E-state index in [0.717, 1.165) is 5.56 Å². The molecule has 0 amide bonds. The van der Waals surface area contributed by atoms with E-state index in [1.165, 1.54) is 0 Å². The fraction of sp³-hybridized carbons (Fsp3) is 0.143. The van der Waals surface area contributed by atoms with Crippen LogP contribution in [-0.4, -0.2) is 28.5 Å². The number of carbonyl (C=O) groups is 2. The maximum Gasteiger partial charge on any atom is 0.356 e. The highest BCUT2D eigenvalue weighted by Crippen LogP contribution is 2.04. The molecule has 0 saturated carbocycles. The molecule has 0 saturated heterocycles. The van der Waals surface area contributed by atoms with Crippen LogP contribution in [0.2, 0.25) is 0 Å².